The molecule has 0 spiro atoms. The SMILES string of the molecule is O=C(O)c1ccc(COc2ccccc2CO)cc1. The number of rotatable bonds is 5. The summed E-state index contributed by atoms with van der Waals surface area (Å²) in [6, 6.07) is 13.8. The van der Waals surface area contributed by atoms with E-state index in [9.17, 15) is 4.79 Å². The Morgan fingerprint density at radius 2 is 1.74 bits per heavy atom. The number of carbonyl (C=O) groups is 1. The third-order valence-corrected chi connectivity index (χ3v) is 2.74. The van der Waals surface area contributed by atoms with Gasteiger partial charge in [-0.2, -0.15) is 0 Å². The highest BCUT2D eigenvalue weighted by molar-refractivity contribution is 5.87. The van der Waals surface area contributed by atoms with Gasteiger partial charge in [0.25, 0.3) is 0 Å². The van der Waals surface area contributed by atoms with Crippen molar-refractivity contribution in [3.63, 3.8) is 0 Å². The van der Waals surface area contributed by atoms with Crippen molar-refractivity contribution in [2.24, 2.45) is 0 Å². The van der Waals surface area contributed by atoms with Crippen molar-refractivity contribution in [1.82, 2.24) is 0 Å². The number of hydrogen-bond donors (Lipinski definition) is 2. The number of para-hydroxylation sites is 1. The van der Waals surface area contributed by atoms with E-state index in [4.69, 9.17) is 14.9 Å². The van der Waals surface area contributed by atoms with E-state index in [1.807, 2.05) is 12.1 Å². The van der Waals surface area contributed by atoms with Crippen molar-refractivity contribution in [3.05, 3.63) is 65.2 Å². The van der Waals surface area contributed by atoms with Gasteiger partial charge in [0.05, 0.1) is 12.2 Å². The Kier molecular flexibility index (Phi) is 4.15. The van der Waals surface area contributed by atoms with Gasteiger partial charge in [0.1, 0.15) is 12.4 Å². The molecular formula is C15H14O4. The first kappa shape index (κ1) is 13.1. The van der Waals surface area contributed by atoms with Gasteiger partial charge in [0.15, 0.2) is 0 Å². The quantitative estimate of drug-likeness (QED) is 0.864. The third kappa shape index (κ3) is 3.33. The molecule has 0 fully saturated rings. The van der Waals surface area contributed by atoms with Crippen LogP contribution in [-0.4, -0.2) is 16.2 Å². The van der Waals surface area contributed by atoms with Gasteiger partial charge in [0.2, 0.25) is 0 Å². The average Bonchev–Trinajstić information content (AvgIpc) is 2.45. The van der Waals surface area contributed by atoms with Crippen LogP contribution in [-0.2, 0) is 13.2 Å². The van der Waals surface area contributed by atoms with Gasteiger partial charge in [-0.1, -0.05) is 30.3 Å². The van der Waals surface area contributed by atoms with E-state index < -0.39 is 5.97 Å². The topological polar surface area (TPSA) is 66.8 Å². The predicted octanol–water partition coefficient (Wildman–Crippen LogP) is 2.46. The Labute approximate surface area is 110 Å². The van der Waals surface area contributed by atoms with Crippen LogP contribution in [0.2, 0.25) is 0 Å². The van der Waals surface area contributed by atoms with Crippen LogP contribution >= 0.6 is 0 Å². The van der Waals surface area contributed by atoms with Crippen LogP contribution in [0.5, 0.6) is 5.75 Å². The molecule has 0 aliphatic rings. The van der Waals surface area contributed by atoms with Crippen molar-refractivity contribution in [2.45, 2.75) is 13.2 Å². The molecule has 0 aromatic heterocycles. The van der Waals surface area contributed by atoms with E-state index in [1.54, 1.807) is 36.4 Å². The number of carboxylic acid groups (broad SMARTS) is 1. The molecule has 0 amide bonds. The fourth-order valence-corrected chi connectivity index (χ4v) is 1.68. The Hall–Kier alpha value is -2.33. The summed E-state index contributed by atoms with van der Waals surface area (Å²) in [4.78, 5) is 10.7. The minimum atomic E-state index is -0.946. The molecule has 0 heterocycles. The zero-order valence-electron chi connectivity index (χ0n) is 10.2. The van der Waals surface area contributed by atoms with E-state index in [2.05, 4.69) is 0 Å². The molecule has 19 heavy (non-hydrogen) atoms. The lowest BCUT2D eigenvalue weighted by Gasteiger charge is -2.10. The lowest BCUT2D eigenvalue weighted by Crippen LogP contribution is -2.00. The van der Waals surface area contributed by atoms with E-state index in [0.29, 0.717) is 12.4 Å². The number of aromatic carboxylic acids is 1. The van der Waals surface area contributed by atoms with E-state index in [0.717, 1.165) is 11.1 Å². The summed E-state index contributed by atoms with van der Waals surface area (Å²) in [7, 11) is 0. The fourth-order valence-electron chi connectivity index (χ4n) is 1.68. The fraction of sp³-hybridized carbons (Fsp3) is 0.133. The number of benzene rings is 2. The van der Waals surface area contributed by atoms with Gasteiger partial charge in [0, 0.05) is 5.56 Å². The maximum absolute atomic E-state index is 10.7. The lowest BCUT2D eigenvalue weighted by molar-refractivity contribution is 0.0697. The average molecular weight is 258 g/mol. The molecule has 0 unspecified atom stereocenters. The first-order valence-corrected chi connectivity index (χ1v) is 5.84. The van der Waals surface area contributed by atoms with E-state index >= 15 is 0 Å². The Morgan fingerprint density at radius 1 is 1.05 bits per heavy atom. The van der Waals surface area contributed by atoms with Crippen molar-refractivity contribution in [3.8, 4) is 5.75 Å². The summed E-state index contributed by atoms with van der Waals surface area (Å²) in [5.41, 5.74) is 1.85. The summed E-state index contributed by atoms with van der Waals surface area (Å²) in [6.07, 6.45) is 0. The van der Waals surface area contributed by atoms with Gasteiger partial charge in [-0.25, -0.2) is 4.79 Å². The molecule has 0 radical (unpaired) electrons. The maximum atomic E-state index is 10.7. The zero-order chi connectivity index (χ0) is 13.7. The van der Waals surface area contributed by atoms with Gasteiger partial charge in [-0.15, -0.1) is 0 Å². The monoisotopic (exact) mass is 258 g/mol. The second kappa shape index (κ2) is 6.02. The molecule has 0 bridgehead atoms. The highest BCUT2D eigenvalue weighted by atomic mass is 16.5. The minimum absolute atomic E-state index is 0.0753. The zero-order valence-corrected chi connectivity index (χ0v) is 10.2. The molecule has 0 saturated heterocycles. The Bertz CT molecular complexity index is 561. The van der Waals surface area contributed by atoms with Crippen LogP contribution in [0.4, 0.5) is 0 Å². The molecule has 2 aromatic rings. The van der Waals surface area contributed by atoms with Crippen LogP contribution in [0.3, 0.4) is 0 Å². The number of ether oxygens (including phenoxy) is 1. The largest absolute Gasteiger partial charge is 0.489 e. The first-order valence-electron chi connectivity index (χ1n) is 5.84. The second-order valence-electron chi connectivity index (χ2n) is 4.06. The van der Waals surface area contributed by atoms with Crippen molar-refractivity contribution in [1.29, 1.82) is 0 Å². The minimum Gasteiger partial charge on any atom is -0.489 e. The van der Waals surface area contributed by atoms with Crippen LogP contribution in [0.15, 0.2) is 48.5 Å². The second-order valence-corrected chi connectivity index (χ2v) is 4.06. The number of carboxylic acids is 1. The molecular weight excluding hydrogens is 244 g/mol. The highest BCUT2D eigenvalue weighted by Gasteiger charge is 2.04. The Morgan fingerprint density at radius 3 is 2.37 bits per heavy atom. The van der Waals surface area contributed by atoms with Crippen molar-refractivity contribution < 1.29 is 19.7 Å². The first-order chi connectivity index (χ1) is 9.20. The molecule has 2 N–H and O–H groups in total. The number of hydrogen-bond acceptors (Lipinski definition) is 3. The summed E-state index contributed by atoms with van der Waals surface area (Å²) in [5.74, 6) is -0.314. The molecule has 98 valence electrons. The summed E-state index contributed by atoms with van der Waals surface area (Å²) in [6.45, 7) is 0.255. The van der Waals surface area contributed by atoms with Gasteiger partial charge in [-0.3, -0.25) is 0 Å². The van der Waals surface area contributed by atoms with Crippen molar-refractivity contribution in [2.75, 3.05) is 0 Å². The molecule has 0 aliphatic heterocycles. The van der Waals surface area contributed by atoms with Crippen LogP contribution in [0, 0.1) is 0 Å². The molecule has 4 heteroatoms. The standard InChI is InChI=1S/C15H14O4/c16-9-13-3-1-2-4-14(13)19-10-11-5-7-12(8-6-11)15(17)18/h1-8,16H,9-10H2,(H,17,18). The van der Waals surface area contributed by atoms with E-state index in [1.165, 1.54) is 0 Å². The summed E-state index contributed by atoms with van der Waals surface area (Å²) < 4.78 is 5.61. The molecule has 0 atom stereocenters. The maximum Gasteiger partial charge on any atom is 0.335 e. The molecule has 2 aromatic carbocycles. The normalized spacial score (nSPS) is 10.2. The molecule has 4 nitrogen and oxygen atoms in total. The highest BCUT2D eigenvalue weighted by Crippen LogP contribution is 2.19. The predicted molar refractivity (Wildman–Crippen MR) is 70.1 cm³/mol. The van der Waals surface area contributed by atoms with Gasteiger partial charge < -0.3 is 14.9 Å². The van der Waals surface area contributed by atoms with Gasteiger partial charge in [-0.05, 0) is 23.8 Å². The Balaban J connectivity index is 2.04. The summed E-state index contributed by atoms with van der Waals surface area (Å²) in [5, 5.41) is 18.0. The van der Waals surface area contributed by atoms with Crippen LogP contribution in [0.25, 0.3) is 0 Å². The smallest absolute Gasteiger partial charge is 0.335 e. The van der Waals surface area contributed by atoms with E-state index in [-0.39, 0.29) is 12.2 Å². The molecule has 2 rings (SSSR count). The van der Waals surface area contributed by atoms with Crippen molar-refractivity contribution >= 4 is 5.97 Å². The number of aliphatic hydroxyl groups excluding tert-OH is 1. The molecule has 0 aliphatic carbocycles. The third-order valence-electron chi connectivity index (χ3n) is 2.74. The van der Waals surface area contributed by atoms with Crippen LogP contribution < -0.4 is 4.74 Å². The number of aliphatic hydroxyl groups is 1. The lowest BCUT2D eigenvalue weighted by atomic mass is 10.1. The van der Waals surface area contributed by atoms with Gasteiger partial charge >= 0.3 is 5.97 Å². The summed E-state index contributed by atoms with van der Waals surface area (Å²) >= 11 is 0. The molecule has 0 saturated carbocycles. The van der Waals surface area contributed by atoms with Crippen LogP contribution in [0.1, 0.15) is 21.5 Å².